The van der Waals surface area contributed by atoms with Gasteiger partial charge in [0.05, 0.1) is 16.8 Å². The molecule has 13 heteroatoms. The topological polar surface area (TPSA) is 103 Å². The zero-order valence-electron chi connectivity index (χ0n) is 15.3. The lowest BCUT2D eigenvalue weighted by Crippen LogP contribution is -2.29. The third kappa shape index (κ3) is 5.39. The Bertz CT molecular complexity index is 1080. The van der Waals surface area contributed by atoms with Crippen LogP contribution >= 0.6 is 11.6 Å². The molecule has 0 saturated heterocycles. The van der Waals surface area contributed by atoms with Gasteiger partial charge in [-0.15, -0.1) is 0 Å². The van der Waals surface area contributed by atoms with Gasteiger partial charge in [-0.3, -0.25) is 9.00 Å². The molecule has 3 aromatic rings. The van der Waals surface area contributed by atoms with E-state index in [1.807, 2.05) is 0 Å². The number of halogens is 4. The normalized spacial score (nSPS) is 13.6. The smallest absolute Gasteiger partial charge is 0.342 e. The van der Waals surface area contributed by atoms with Gasteiger partial charge in [0.15, 0.2) is 5.82 Å². The van der Waals surface area contributed by atoms with Crippen molar-refractivity contribution in [3.8, 4) is 5.95 Å². The predicted molar refractivity (Wildman–Crippen MR) is 102 cm³/mol. The number of alkyl halides is 3. The molecule has 2 aromatic heterocycles. The quantitative estimate of drug-likeness (QED) is 0.609. The van der Waals surface area contributed by atoms with Crippen molar-refractivity contribution in [2.24, 2.45) is 0 Å². The molecule has 0 aliphatic carbocycles. The molecular formula is C17H14ClF3N6O2S. The standard InChI is InChI=1S/C17H14ClF3N6O2S/c1-10(14-24-9-25-27(14)16-22-3-2-4-23-16)26-15(28)11-5-12(18)7-13(6-11)30(29)8-17(19,20)21/h2-7,9-10H,8H2,1H3,(H,26,28). The molecule has 2 atom stereocenters. The van der Waals surface area contributed by atoms with Crippen LogP contribution in [-0.4, -0.2) is 46.8 Å². The molecule has 8 nitrogen and oxygen atoms in total. The third-order valence-electron chi connectivity index (χ3n) is 3.74. The van der Waals surface area contributed by atoms with Crippen molar-refractivity contribution in [2.45, 2.75) is 24.0 Å². The van der Waals surface area contributed by atoms with E-state index in [1.165, 1.54) is 29.5 Å². The number of nitrogens with one attached hydrogen (secondary N) is 1. The number of amides is 1. The number of carbonyl (C=O) groups is 1. The third-order valence-corrected chi connectivity index (χ3v) is 5.31. The van der Waals surface area contributed by atoms with E-state index < -0.39 is 34.7 Å². The molecule has 0 fully saturated rings. The Kier molecular flexibility index (Phi) is 6.46. The molecule has 0 aliphatic rings. The van der Waals surface area contributed by atoms with E-state index in [4.69, 9.17) is 11.6 Å². The van der Waals surface area contributed by atoms with Gasteiger partial charge in [0, 0.05) is 27.9 Å². The molecule has 2 heterocycles. The molecule has 1 aromatic carbocycles. The molecule has 0 radical (unpaired) electrons. The SMILES string of the molecule is CC(NC(=O)c1cc(Cl)cc(S(=O)CC(F)(F)F)c1)c1ncnn1-c1ncccn1. The van der Waals surface area contributed by atoms with Crippen LogP contribution in [0.25, 0.3) is 5.95 Å². The van der Waals surface area contributed by atoms with Crippen LogP contribution in [0.15, 0.2) is 47.9 Å². The Labute approximate surface area is 176 Å². The highest BCUT2D eigenvalue weighted by atomic mass is 35.5. The number of hydrogen-bond acceptors (Lipinski definition) is 6. The minimum Gasteiger partial charge on any atom is -0.342 e. The molecule has 0 aliphatic heterocycles. The Morgan fingerprint density at radius 1 is 1.23 bits per heavy atom. The highest BCUT2D eigenvalue weighted by molar-refractivity contribution is 7.85. The summed E-state index contributed by atoms with van der Waals surface area (Å²) in [5.41, 5.74) is -0.0399. The maximum absolute atomic E-state index is 12.6. The first-order valence-corrected chi connectivity index (χ1v) is 10.1. The number of hydrogen-bond donors (Lipinski definition) is 1. The van der Waals surface area contributed by atoms with Gasteiger partial charge < -0.3 is 5.32 Å². The van der Waals surface area contributed by atoms with E-state index in [1.54, 1.807) is 13.0 Å². The van der Waals surface area contributed by atoms with Crippen molar-refractivity contribution in [2.75, 3.05) is 5.75 Å². The van der Waals surface area contributed by atoms with Crippen LogP contribution in [0.1, 0.15) is 29.1 Å². The lowest BCUT2D eigenvalue weighted by atomic mass is 10.2. The zero-order chi connectivity index (χ0) is 21.9. The van der Waals surface area contributed by atoms with Crippen LogP contribution in [0.5, 0.6) is 0 Å². The molecule has 158 valence electrons. The maximum Gasteiger partial charge on any atom is 0.400 e. The zero-order valence-corrected chi connectivity index (χ0v) is 16.9. The molecule has 2 unspecified atom stereocenters. The van der Waals surface area contributed by atoms with Crippen molar-refractivity contribution in [3.05, 3.63) is 59.4 Å². The summed E-state index contributed by atoms with van der Waals surface area (Å²) in [6.45, 7) is 1.63. The monoisotopic (exact) mass is 458 g/mol. The summed E-state index contributed by atoms with van der Waals surface area (Å²) in [5, 5.41) is 6.67. The van der Waals surface area contributed by atoms with E-state index in [0.717, 1.165) is 12.1 Å². The Morgan fingerprint density at radius 2 is 1.93 bits per heavy atom. The molecule has 1 amide bonds. The lowest BCUT2D eigenvalue weighted by molar-refractivity contribution is -0.105. The summed E-state index contributed by atoms with van der Waals surface area (Å²) in [4.78, 5) is 24.7. The van der Waals surface area contributed by atoms with E-state index in [9.17, 15) is 22.2 Å². The van der Waals surface area contributed by atoms with Crippen LogP contribution in [0.3, 0.4) is 0 Å². The molecule has 3 rings (SSSR count). The first kappa shape index (κ1) is 21.8. The number of rotatable bonds is 6. The van der Waals surface area contributed by atoms with Gasteiger partial charge in [0.2, 0.25) is 0 Å². The average Bonchev–Trinajstić information content (AvgIpc) is 3.17. The van der Waals surface area contributed by atoms with Crippen LogP contribution in [0, 0.1) is 0 Å². The average molecular weight is 459 g/mol. The summed E-state index contributed by atoms with van der Waals surface area (Å²) in [7, 11) is -2.39. The molecule has 0 spiro atoms. The van der Waals surface area contributed by atoms with Gasteiger partial charge in [0.25, 0.3) is 11.9 Å². The van der Waals surface area contributed by atoms with Gasteiger partial charge in [-0.1, -0.05) is 11.6 Å². The van der Waals surface area contributed by atoms with Gasteiger partial charge in [-0.2, -0.15) is 23.0 Å². The van der Waals surface area contributed by atoms with E-state index in [2.05, 4.69) is 25.4 Å². The van der Waals surface area contributed by atoms with Crippen LogP contribution < -0.4 is 5.32 Å². The van der Waals surface area contributed by atoms with Crippen molar-refractivity contribution < 1.29 is 22.2 Å². The summed E-state index contributed by atoms with van der Waals surface area (Å²) in [6.07, 6.45) is -0.308. The molecule has 0 saturated carbocycles. The fraction of sp³-hybridized carbons (Fsp3) is 0.235. The van der Waals surface area contributed by atoms with E-state index in [0.29, 0.717) is 5.82 Å². The van der Waals surface area contributed by atoms with Gasteiger partial charge in [-0.25, -0.2) is 15.0 Å². The molecule has 0 bridgehead atoms. The summed E-state index contributed by atoms with van der Waals surface area (Å²) < 4.78 is 50.9. The molecule has 30 heavy (non-hydrogen) atoms. The highest BCUT2D eigenvalue weighted by Gasteiger charge is 2.31. The number of benzene rings is 1. The van der Waals surface area contributed by atoms with Crippen molar-refractivity contribution in [3.63, 3.8) is 0 Å². The largest absolute Gasteiger partial charge is 0.400 e. The number of aromatic nitrogens is 5. The van der Waals surface area contributed by atoms with Crippen molar-refractivity contribution >= 4 is 28.3 Å². The number of nitrogens with zero attached hydrogens (tertiary/aromatic N) is 5. The predicted octanol–water partition coefficient (Wildman–Crippen LogP) is 2.87. The van der Waals surface area contributed by atoms with Gasteiger partial charge in [-0.05, 0) is 31.2 Å². The summed E-state index contributed by atoms with van der Waals surface area (Å²) >= 11 is 5.91. The Hall–Kier alpha value is -2.86. The van der Waals surface area contributed by atoms with Crippen molar-refractivity contribution in [1.29, 1.82) is 0 Å². The van der Waals surface area contributed by atoms with E-state index in [-0.39, 0.29) is 21.4 Å². The van der Waals surface area contributed by atoms with Crippen molar-refractivity contribution in [1.82, 2.24) is 30.0 Å². The minimum atomic E-state index is -4.62. The van der Waals surface area contributed by atoms with Crippen LogP contribution in [0.4, 0.5) is 13.2 Å². The minimum absolute atomic E-state index is 0.0123. The highest BCUT2D eigenvalue weighted by Crippen LogP contribution is 2.23. The Balaban J connectivity index is 1.80. The second-order valence-electron chi connectivity index (χ2n) is 6.05. The van der Waals surface area contributed by atoms with Crippen LogP contribution in [-0.2, 0) is 10.8 Å². The summed E-state index contributed by atoms with van der Waals surface area (Å²) in [5.74, 6) is -1.60. The lowest BCUT2D eigenvalue weighted by Gasteiger charge is -2.15. The second-order valence-corrected chi connectivity index (χ2v) is 7.94. The van der Waals surface area contributed by atoms with E-state index >= 15 is 0 Å². The van der Waals surface area contributed by atoms with Gasteiger partial charge >= 0.3 is 6.18 Å². The maximum atomic E-state index is 12.6. The fourth-order valence-corrected chi connectivity index (χ4v) is 3.78. The number of carbonyl (C=O) groups excluding carboxylic acids is 1. The first-order valence-electron chi connectivity index (χ1n) is 8.38. The Morgan fingerprint density at radius 3 is 2.60 bits per heavy atom. The first-order chi connectivity index (χ1) is 14.1. The van der Waals surface area contributed by atoms with Crippen LogP contribution in [0.2, 0.25) is 5.02 Å². The second kappa shape index (κ2) is 8.88. The fourth-order valence-electron chi connectivity index (χ4n) is 2.50. The summed E-state index contributed by atoms with van der Waals surface area (Å²) in [6, 6.07) is 4.48. The van der Waals surface area contributed by atoms with Gasteiger partial charge in [0.1, 0.15) is 12.1 Å². The molecule has 1 N–H and O–H groups in total. The molecular weight excluding hydrogens is 445 g/mol.